The molecule has 0 radical (unpaired) electrons. The molecule has 1 heterocycles. The van der Waals surface area contributed by atoms with Gasteiger partial charge in [-0.25, -0.2) is 4.98 Å². The van der Waals surface area contributed by atoms with Crippen LogP contribution in [0.4, 0.5) is 0 Å². The molecule has 88 valence electrons. The summed E-state index contributed by atoms with van der Waals surface area (Å²) >= 11 is 1.78. The van der Waals surface area contributed by atoms with Gasteiger partial charge in [0.1, 0.15) is 5.01 Å². The molecule has 0 atom stereocenters. The normalized spacial score (nSPS) is 13.9. The Morgan fingerprint density at radius 3 is 3.00 bits per heavy atom. The maximum absolute atomic E-state index is 11.3. The molecule has 5 heteroatoms. The number of hydrogen-bond donors (Lipinski definition) is 1. The number of carbonyl (C=O) groups excluding carboxylic acids is 1. The number of nitrogens with one attached hydrogen (secondary N) is 1. The molecule has 0 fully saturated rings. The zero-order valence-electron chi connectivity index (χ0n) is 9.75. The molecule has 0 aliphatic heterocycles. The number of amides is 1. The first kappa shape index (κ1) is 11.5. The lowest BCUT2D eigenvalue weighted by Crippen LogP contribution is -2.32. The van der Waals surface area contributed by atoms with E-state index in [1.165, 1.54) is 23.4 Å². The first-order chi connectivity index (χ1) is 7.66. The minimum absolute atomic E-state index is 0.101. The van der Waals surface area contributed by atoms with E-state index in [2.05, 4.69) is 10.3 Å². The Hall–Kier alpha value is -0.940. The molecular weight excluding hydrogens is 222 g/mol. The second kappa shape index (κ2) is 4.93. The van der Waals surface area contributed by atoms with Gasteiger partial charge in [0.15, 0.2) is 0 Å². The fraction of sp³-hybridized carbons (Fsp3) is 0.636. The number of fused-ring (bicyclic) bond motifs is 1. The molecule has 1 aliphatic carbocycles. The number of carbonyl (C=O) groups is 1. The Morgan fingerprint density at radius 2 is 2.31 bits per heavy atom. The summed E-state index contributed by atoms with van der Waals surface area (Å²) in [6.07, 6.45) is 3.56. The third-order valence-electron chi connectivity index (χ3n) is 2.69. The van der Waals surface area contributed by atoms with Gasteiger partial charge in [0, 0.05) is 25.5 Å². The average molecular weight is 239 g/mol. The van der Waals surface area contributed by atoms with E-state index < -0.39 is 0 Å². The van der Waals surface area contributed by atoms with Gasteiger partial charge in [0.2, 0.25) is 5.91 Å². The van der Waals surface area contributed by atoms with Crippen LogP contribution in [0.3, 0.4) is 0 Å². The molecule has 4 nitrogen and oxygen atoms in total. The summed E-state index contributed by atoms with van der Waals surface area (Å²) in [7, 11) is 3.53. The average Bonchev–Trinajstić information content (AvgIpc) is 2.77. The van der Waals surface area contributed by atoms with Gasteiger partial charge in [-0.2, -0.15) is 0 Å². The van der Waals surface area contributed by atoms with Gasteiger partial charge in [0.05, 0.1) is 12.2 Å². The molecule has 1 aromatic heterocycles. The minimum Gasteiger partial charge on any atom is -0.348 e. The van der Waals surface area contributed by atoms with Crippen molar-refractivity contribution in [3.63, 3.8) is 0 Å². The number of aryl methyl sites for hydroxylation is 2. The van der Waals surface area contributed by atoms with Crippen molar-refractivity contribution in [3.05, 3.63) is 15.6 Å². The highest BCUT2D eigenvalue weighted by atomic mass is 32.1. The number of thiazole rings is 1. The molecule has 1 N–H and O–H groups in total. The molecule has 2 rings (SSSR count). The Morgan fingerprint density at radius 1 is 1.50 bits per heavy atom. The van der Waals surface area contributed by atoms with Crippen LogP contribution in [-0.4, -0.2) is 36.4 Å². The summed E-state index contributed by atoms with van der Waals surface area (Å²) < 4.78 is 0. The molecule has 0 unspecified atom stereocenters. The van der Waals surface area contributed by atoms with Crippen molar-refractivity contribution < 1.29 is 4.79 Å². The van der Waals surface area contributed by atoms with E-state index in [1.807, 2.05) is 0 Å². The maximum Gasteiger partial charge on any atom is 0.236 e. The van der Waals surface area contributed by atoms with Crippen LogP contribution in [0.25, 0.3) is 0 Å². The van der Waals surface area contributed by atoms with Crippen molar-refractivity contribution >= 4 is 17.2 Å². The van der Waals surface area contributed by atoms with Crippen molar-refractivity contribution in [2.45, 2.75) is 25.8 Å². The van der Waals surface area contributed by atoms with E-state index in [0.717, 1.165) is 11.4 Å². The lowest BCUT2D eigenvalue weighted by atomic mass is 10.4. The number of rotatable bonds is 4. The van der Waals surface area contributed by atoms with Gasteiger partial charge in [-0.3, -0.25) is 4.79 Å². The second-order valence-corrected chi connectivity index (χ2v) is 5.39. The zero-order chi connectivity index (χ0) is 11.5. The zero-order valence-corrected chi connectivity index (χ0v) is 10.6. The number of hydrogen-bond acceptors (Lipinski definition) is 4. The number of likely N-dealkylation sites (N-methyl/N-ethyl adjacent to an activating group) is 1. The van der Waals surface area contributed by atoms with Crippen LogP contribution in [0.2, 0.25) is 0 Å². The summed E-state index contributed by atoms with van der Waals surface area (Å²) in [6.45, 7) is 1.09. The first-order valence-electron chi connectivity index (χ1n) is 5.55. The van der Waals surface area contributed by atoms with Crippen LogP contribution in [0.5, 0.6) is 0 Å². The molecular formula is C11H17N3OS. The van der Waals surface area contributed by atoms with E-state index in [0.29, 0.717) is 13.1 Å². The molecule has 0 aromatic carbocycles. The largest absolute Gasteiger partial charge is 0.348 e. The summed E-state index contributed by atoms with van der Waals surface area (Å²) in [5.74, 6) is 0.101. The van der Waals surface area contributed by atoms with Crippen molar-refractivity contribution in [2.75, 3.05) is 20.6 Å². The Labute approximate surface area is 99.7 Å². The first-order valence-corrected chi connectivity index (χ1v) is 6.37. The lowest BCUT2D eigenvalue weighted by molar-refractivity contribution is -0.127. The topological polar surface area (TPSA) is 45.2 Å². The van der Waals surface area contributed by atoms with E-state index >= 15 is 0 Å². The molecule has 0 spiro atoms. The van der Waals surface area contributed by atoms with E-state index in [-0.39, 0.29) is 5.91 Å². The lowest BCUT2D eigenvalue weighted by Gasteiger charge is -2.09. The molecule has 1 amide bonds. The minimum atomic E-state index is 0.101. The third-order valence-corrected chi connectivity index (χ3v) is 3.85. The van der Waals surface area contributed by atoms with Crippen LogP contribution in [0.1, 0.15) is 22.0 Å². The third kappa shape index (κ3) is 2.59. The second-order valence-electron chi connectivity index (χ2n) is 4.22. The number of nitrogens with zero attached hydrogens (tertiary/aromatic N) is 2. The standard InChI is InChI=1S/C11H17N3OS/c1-14(2)11(15)7-12-6-10-13-8-4-3-5-9(8)16-10/h12H,3-7H2,1-2H3. The smallest absolute Gasteiger partial charge is 0.236 e. The van der Waals surface area contributed by atoms with Gasteiger partial charge in [-0.1, -0.05) is 0 Å². The molecule has 1 aliphatic rings. The van der Waals surface area contributed by atoms with E-state index in [4.69, 9.17) is 0 Å². The highest BCUT2D eigenvalue weighted by Gasteiger charge is 2.16. The molecule has 1 aromatic rings. The van der Waals surface area contributed by atoms with Gasteiger partial charge in [-0.15, -0.1) is 11.3 Å². The highest BCUT2D eigenvalue weighted by molar-refractivity contribution is 7.11. The van der Waals surface area contributed by atoms with E-state index in [1.54, 1.807) is 30.3 Å². The predicted molar refractivity (Wildman–Crippen MR) is 64.5 cm³/mol. The fourth-order valence-corrected chi connectivity index (χ4v) is 2.88. The Bertz CT molecular complexity index is 365. The summed E-state index contributed by atoms with van der Waals surface area (Å²) in [5, 5.41) is 4.24. The maximum atomic E-state index is 11.3. The molecule has 16 heavy (non-hydrogen) atoms. The molecule has 0 saturated carbocycles. The van der Waals surface area contributed by atoms with Gasteiger partial charge in [0.25, 0.3) is 0 Å². The number of aromatic nitrogens is 1. The van der Waals surface area contributed by atoms with Crippen LogP contribution >= 0.6 is 11.3 Å². The predicted octanol–water partition coefficient (Wildman–Crippen LogP) is 0.810. The van der Waals surface area contributed by atoms with Crippen LogP contribution in [0, 0.1) is 0 Å². The van der Waals surface area contributed by atoms with Gasteiger partial charge >= 0.3 is 0 Å². The van der Waals surface area contributed by atoms with Crippen LogP contribution in [0.15, 0.2) is 0 Å². The van der Waals surface area contributed by atoms with Crippen LogP contribution in [-0.2, 0) is 24.2 Å². The SMILES string of the molecule is CN(C)C(=O)CNCc1nc2c(s1)CCC2. The van der Waals surface area contributed by atoms with Gasteiger partial charge in [-0.05, 0) is 19.3 Å². The quantitative estimate of drug-likeness (QED) is 0.845. The summed E-state index contributed by atoms with van der Waals surface area (Å²) in [4.78, 5) is 18.9. The van der Waals surface area contributed by atoms with Crippen molar-refractivity contribution in [1.82, 2.24) is 15.2 Å². The Balaban J connectivity index is 1.79. The van der Waals surface area contributed by atoms with Crippen molar-refractivity contribution in [1.29, 1.82) is 0 Å². The Kier molecular flexibility index (Phi) is 3.56. The van der Waals surface area contributed by atoms with Crippen LogP contribution < -0.4 is 5.32 Å². The van der Waals surface area contributed by atoms with Crippen molar-refractivity contribution in [2.24, 2.45) is 0 Å². The summed E-state index contributed by atoms with van der Waals surface area (Å²) in [5.41, 5.74) is 1.28. The molecule has 0 saturated heterocycles. The van der Waals surface area contributed by atoms with E-state index in [9.17, 15) is 4.79 Å². The molecule has 0 bridgehead atoms. The van der Waals surface area contributed by atoms with Crippen molar-refractivity contribution in [3.8, 4) is 0 Å². The highest BCUT2D eigenvalue weighted by Crippen LogP contribution is 2.27. The van der Waals surface area contributed by atoms with Gasteiger partial charge < -0.3 is 10.2 Å². The monoisotopic (exact) mass is 239 g/mol. The fourth-order valence-electron chi connectivity index (χ4n) is 1.75. The summed E-state index contributed by atoms with van der Waals surface area (Å²) in [6, 6.07) is 0.